The van der Waals surface area contributed by atoms with Crippen LogP contribution in [0.25, 0.3) is 44.1 Å². The zero-order chi connectivity index (χ0) is 29.0. The summed E-state index contributed by atoms with van der Waals surface area (Å²) in [5, 5.41) is 6.88. The molecule has 0 N–H and O–H groups in total. The van der Waals surface area contributed by atoms with Gasteiger partial charge in [0, 0.05) is 72.9 Å². The van der Waals surface area contributed by atoms with Gasteiger partial charge < -0.3 is 14.0 Å². The van der Waals surface area contributed by atoms with Crippen molar-refractivity contribution in [2.75, 3.05) is 40.0 Å². The van der Waals surface area contributed by atoms with E-state index in [-0.39, 0.29) is 4.90 Å². The molecule has 0 amide bonds. The van der Waals surface area contributed by atoms with E-state index in [0.29, 0.717) is 17.1 Å². The van der Waals surface area contributed by atoms with E-state index < -0.39 is 10.0 Å². The van der Waals surface area contributed by atoms with E-state index in [1.165, 1.54) is 3.97 Å². The lowest BCUT2D eigenvalue weighted by atomic mass is 10.1. The van der Waals surface area contributed by atoms with Gasteiger partial charge in [-0.15, -0.1) is 0 Å². The first-order valence-corrected chi connectivity index (χ1v) is 15.4. The standard InChI is InChI=1S/C31H32N6O4S/c1-21-4-7-24(8-5-21)42(38,39)37-29(17-26-30-22(18-32-31(26)37)19-33-34(30)2)27-20-36(11-10-35-12-14-41-15-13-35)28-9-6-23(40-3)16-25(27)28/h4-9,16-20H,10-15H2,1-3H3. The summed E-state index contributed by atoms with van der Waals surface area (Å²) in [4.78, 5) is 7.27. The summed E-state index contributed by atoms with van der Waals surface area (Å²) in [5.74, 6) is 0.700. The zero-order valence-corrected chi connectivity index (χ0v) is 24.6. The van der Waals surface area contributed by atoms with E-state index >= 15 is 0 Å². The molecule has 1 aliphatic rings. The molecule has 10 nitrogen and oxygen atoms in total. The van der Waals surface area contributed by atoms with Crippen LogP contribution in [0.5, 0.6) is 5.75 Å². The van der Waals surface area contributed by atoms with Crippen molar-refractivity contribution in [3.8, 4) is 17.0 Å². The maximum absolute atomic E-state index is 14.4. The number of benzene rings is 2. The van der Waals surface area contributed by atoms with E-state index in [1.54, 1.807) is 36.3 Å². The molecule has 42 heavy (non-hydrogen) atoms. The number of pyridine rings is 1. The Balaban J connectivity index is 1.49. The Morgan fingerprint density at radius 3 is 2.52 bits per heavy atom. The highest BCUT2D eigenvalue weighted by Crippen LogP contribution is 2.39. The van der Waals surface area contributed by atoms with Gasteiger partial charge in [0.2, 0.25) is 0 Å². The minimum Gasteiger partial charge on any atom is -0.497 e. The number of hydrogen-bond donors (Lipinski definition) is 0. The number of fused-ring (bicyclic) bond motifs is 4. The number of morpholine rings is 1. The highest BCUT2D eigenvalue weighted by atomic mass is 32.2. The molecule has 0 spiro atoms. The predicted octanol–water partition coefficient (Wildman–Crippen LogP) is 4.43. The van der Waals surface area contributed by atoms with Crippen molar-refractivity contribution in [1.29, 1.82) is 0 Å². The second kappa shape index (κ2) is 10.3. The SMILES string of the molecule is COc1ccc2c(c1)c(-c1cc3c4c(cnc3n1S(=O)(=O)c1ccc(C)cc1)cnn4C)cn2CCN1CCOCC1. The largest absolute Gasteiger partial charge is 0.497 e. The Bertz CT molecular complexity index is 2050. The fourth-order valence-electron chi connectivity index (χ4n) is 5.90. The van der Waals surface area contributed by atoms with Crippen molar-refractivity contribution >= 4 is 42.9 Å². The third-order valence-corrected chi connectivity index (χ3v) is 9.88. The van der Waals surface area contributed by atoms with E-state index in [2.05, 4.69) is 25.7 Å². The Labute approximate surface area is 243 Å². The molecule has 0 atom stereocenters. The van der Waals surface area contributed by atoms with Crippen LogP contribution in [0.3, 0.4) is 0 Å². The first-order valence-electron chi connectivity index (χ1n) is 14.0. The Kier molecular flexibility index (Phi) is 6.52. The number of aryl methyl sites for hydroxylation is 2. The average molecular weight is 585 g/mol. The summed E-state index contributed by atoms with van der Waals surface area (Å²) in [5.41, 5.74) is 4.50. The van der Waals surface area contributed by atoms with Gasteiger partial charge in [0.15, 0.2) is 5.65 Å². The first-order chi connectivity index (χ1) is 20.3. The molecule has 11 heteroatoms. The van der Waals surface area contributed by atoms with Crippen LogP contribution >= 0.6 is 0 Å². The first kappa shape index (κ1) is 26.7. The minimum atomic E-state index is -4.02. The molecule has 1 aliphatic heterocycles. The topological polar surface area (TPSA) is 96.4 Å². The quantitative estimate of drug-likeness (QED) is 0.274. The molecule has 4 aromatic heterocycles. The van der Waals surface area contributed by atoms with Crippen LogP contribution in [0, 0.1) is 6.92 Å². The van der Waals surface area contributed by atoms with E-state index in [0.717, 1.165) is 77.7 Å². The van der Waals surface area contributed by atoms with Crippen LogP contribution in [0.2, 0.25) is 0 Å². The molecule has 2 aromatic carbocycles. The van der Waals surface area contributed by atoms with Crippen molar-refractivity contribution in [3.05, 3.63) is 72.7 Å². The van der Waals surface area contributed by atoms with Crippen molar-refractivity contribution in [2.24, 2.45) is 7.05 Å². The summed E-state index contributed by atoms with van der Waals surface area (Å²) in [6.07, 6.45) is 5.49. The molecule has 1 fully saturated rings. The number of hydrogen-bond acceptors (Lipinski definition) is 7. The number of methoxy groups -OCH3 is 1. The monoisotopic (exact) mass is 584 g/mol. The maximum atomic E-state index is 14.4. The smallest absolute Gasteiger partial charge is 0.269 e. The molecule has 216 valence electrons. The van der Waals surface area contributed by atoms with Gasteiger partial charge >= 0.3 is 0 Å². The molecular weight excluding hydrogens is 552 g/mol. The van der Waals surface area contributed by atoms with Gasteiger partial charge in [0.1, 0.15) is 5.75 Å². The van der Waals surface area contributed by atoms with E-state index in [9.17, 15) is 8.42 Å². The molecule has 0 radical (unpaired) electrons. The van der Waals surface area contributed by atoms with Crippen LogP contribution in [-0.2, 0) is 28.4 Å². The lowest BCUT2D eigenvalue weighted by Crippen LogP contribution is -2.38. The molecule has 0 unspecified atom stereocenters. The Morgan fingerprint density at radius 2 is 1.76 bits per heavy atom. The van der Waals surface area contributed by atoms with Crippen LogP contribution in [-0.4, -0.2) is 76.6 Å². The fourth-order valence-corrected chi connectivity index (χ4v) is 7.38. The molecular formula is C31H32N6O4S. The summed E-state index contributed by atoms with van der Waals surface area (Å²) >= 11 is 0. The summed E-state index contributed by atoms with van der Waals surface area (Å²) in [7, 11) is -0.531. The lowest BCUT2D eigenvalue weighted by Gasteiger charge is -2.26. The Hall–Kier alpha value is -4.19. The second-order valence-electron chi connectivity index (χ2n) is 10.8. The third kappa shape index (κ3) is 4.36. The van der Waals surface area contributed by atoms with Gasteiger partial charge in [0.05, 0.1) is 42.6 Å². The number of rotatable bonds is 7. The van der Waals surface area contributed by atoms with Crippen LogP contribution in [0.4, 0.5) is 0 Å². The van der Waals surface area contributed by atoms with Gasteiger partial charge in [-0.2, -0.15) is 5.10 Å². The van der Waals surface area contributed by atoms with Gasteiger partial charge in [-0.1, -0.05) is 17.7 Å². The Morgan fingerprint density at radius 1 is 0.976 bits per heavy atom. The van der Waals surface area contributed by atoms with Gasteiger partial charge in [-0.05, 0) is 43.3 Å². The minimum absolute atomic E-state index is 0.201. The van der Waals surface area contributed by atoms with E-state index in [4.69, 9.17) is 9.47 Å². The predicted molar refractivity (Wildman–Crippen MR) is 163 cm³/mol. The third-order valence-electron chi connectivity index (χ3n) is 8.17. The number of ether oxygens (including phenoxy) is 2. The lowest BCUT2D eigenvalue weighted by molar-refractivity contribution is 0.0365. The number of nitrogens with zero attached hydrogens (tertiary/aromatic N) is 6. The summed E-state index contributed by atoms with van der Waals surface area (Å²) < 4.78 is 45.3. The second-order valence-corrected chi connectivity index (χ2v) is 12.5. The summed E-state index contributed by atoms with van der Waals surface area (Å²) in [6, 6.07) is 14.8. The molecule has 0 saturated carbocycles. The fraction of sp³-hybridized carbons (Fsp3) is 0.290. The molecule has 1 saturated heterocycles. The molecule has 0 aliphatic carbocycles. The van der Waals surface area contributed by atoms with Crippen molar-refractivity contribution in [1.82, 2.24) is 28.2 Å². The highest BCUT2D eigenvalue weighted by Gasteiger charge is 2.28. The molecule has 7 rings (SSSR count). The molecule has 6 aromatic rings. The molecule has 5 heterocycles. The normalized spacial score (nSPS) is 14.8. The summed E-state index contributed by atoms with van der Waals surface area (Å²) in [6.45, 7) is 6.82. The van der Waals surface area contributed by atoms with Gasteiger partial charge in [0.25, 0.3) is 10.0 Å². The van der Waals surface area contributed by atoms with Crippen molar-refractivity contribution in [2.45, 2.75) is 18.4 Å². The van der Waals surface area contributed by atoms with Gasteiger partial charge in [-0.25, -0.2) is 17.4 Å². The zero-order valence-electron chi connectivity index (χ0n) is 23.8. The average Bonchev–Trinajstić information content (AvgIpc) is 3.69. The van der Waals surface area contributed by atoms with Crippen LogP contribution in [0.15, 0.2) is 72.0 Å². The molecule has 0 bridgehead atoms. The van der Waals surface area contributed by atoms with E-state index in [1.807, 2.05) is 50.4 Å². The van der Waals surface area contributed by atoms with Crippen molar-refractivity contribution in [3.63, 3.8) is 0 Å². The van der Waals surface area contributed by atoms with Crippen LogP contribution in [0.1, 0.15) is 5.56 Å². The maximum Gasteiger partial charge on any atom is 0.269 e. The number of aromatic nitrogens is 5. The van der Waals surface area contributed by atoms with Crippen LogP contribution < -0.4 is 4.74 Å². The van der Waals surface area contributed by atoms with Gasteiger partial charge in [-0.3, -0.25) is 9.58 Å². The van der Waals surface area contributed by atoms with Crippen molar-refractivity contribution < 1.29 is 17.9 Å². The highest BCUT2D eigenvalue weighted by molar-refractivity contribution is 7.90.